The molecule has 0 aliphatic carbocycles. The van der Waals surface area contributed by atoms with Gasteiger partial charge in [-0.25, -0.2) is 0 Å². The SMILES string of the molecule is Nc1cc[pH]p1. The predicted octanol–water partition coefficient (Wildman–Crippen LogP) is 1.88. The lowest BCUT2D eigenvalue weighted by Gasteiger charge is -1.68. The molecule has 0 saturated carbocycles. The summed E-state index contributed by atoms with van der Waals surface area (Å²) in [6.45, 7) is 0. The Morgan fingerprint density at radius 1 is 1.83 bits per heavy atom. The lowest BCUT2D eigenvalue weighted by atomic mass is 10.7. The fourth-order valence-electron chi connectivity index (χ4n) is 0.272. The first-order chi connectivity index (χ1) is 2.89. The highest BCUT2D eigenvalue weighted by molar-refractivity contribution is 7.91. The van der Waals surface area contributed by atoms with Crippen LogP contribution in [0.2, 0.25) is 0 Å². The molecule has 0 spiro atoms. The number of anilines is 1. The van der Waals surface area contributed by atoms with Gasteiger partial charge in [-0.15, -0.1) is 7.87 Å². The van der Waals surface area contributed by atoms with Crippen molar-refractivity contribution in [1.29, 1.82) is 0 Å². The van der Waals surface area contributed by atoms with Crippen molar-refractivity contribution < 1.29 is 0 Å². The largest absolute Gasteiger partial charge is 0.395 e. The summed E-state index contributed by atoms with van der Waals surface area (Å²) in [6, 6.07) is 1.97. The van der Waals surface area contributed by atoms with Crippen LogP contribution in [0, 0.1) is 0 Å². The van der Waals surface area contributed by atoms with Gasteiger partial charge >= 0.3 is 0 Å². The Kier molecular flexibility index (Phi) is 1.14. The second-order valence-corrected chi connectivity index (χ2v) is 3.78. The molecule has 1 rings (SSSR count). The Labute approximate surface area is 39.6 Å². The van der Waals surface area contributed by atoms with Crippen molar-refractivity contribution in [2.45, 2.75) is 0 Å². The molecule has 3 heteroatoms. The van der Waals surface area contributed by atoms with Crippen molar-refractivity contribution in [3.8, 4) is 0 Å². The highest BCUT2D eigenvalue weighted by atomic mass is 31.8. The van der Waals surface area contributed by atoms with Crippen molar-refractivity contribution in [2.24, 2.45) is 0 Å². The topological polar surface area (TPSA) is 26.0 Å². The predicted molar refractivity (Wildman–Crippen MR) is 32.9 cm³/mol. The Balaban J connectivity index is 3.05. The zero-order valence-electron chi connectivity index (χ0n) is 3.18. The van der Waals surface area contributed by atoms with Crippen LogP contribution in [-0.4, -0.2) is 0 Å². The van der Waals surface area contributed by atoms with Gasteiger partial charge in [0.1, 0.15) is 0 Å². The molecule has 0 aliphatic heterocycles. The van der Waals surface area contributed by atoms with Crippen molar-refractivity contribution in [1.82, 2.24) is 0 Å². The number of hydrogen-bond donors (Lipinski definition) is 1. The summed E-state index contributed by atoms with van der Waals surface area (Å²) < 4.78 is 0. The summed E-state index contributed by atoms with van der Waals surface area (Å²) in [5, 5.41) is 0. The maximum absolute atomic E-state index is 5.36. The van der Waals surface area contributed by atoms with Crippen LogP contribution in [0.4, 0.5) is 5.42 Å². The third kappa shape index (κ3) is 0.739. The molecule has 32 valence electrons. The van der Waals surface area contributed by atoms with Crippen LogP contribution in [0.1, 0.15) is 0 Å². The van der Waals surface area contributed by atoms with E-state index in [1.165, 1.54) is 7.87 Å². The highest BCUT2D eigenvalue weighted by Gasteiger charge is 1.74. The second kappa shape index (κ2) is 1.64. The van der Waals surface area contributed by atoms with Gasteiger partial charge in [-0.1, -0.05) is 0 Å². The van der Waals surface area contributed by atoms with E-state index in [9.17, 15) is 0 Å². The summed E-state index contributed by atoms with van der Waals surface area (Å²) in [5.41, 5.74) is 6.37. The van der Waals surface area contributed by atoms with Gasteiger partial charge in [0.2, 0.25) is 0 Å². The fourth-order valence-corrected chi connectivity index (χ4v) is 2.16. The maximum Gasteiger partial charge on any atom is 0.0632 e. The van der Waals surface area contributed by atoms with Crippen LogP contribution in [0.3, 0.4) is 0 Å². The number of hydrogen-bond acceptors (Lipinski definition) is 1. The highest BCUT2D eigenvalue weighted by Crippen LogP contribution is 2.28. The molecule has 1 unspecified atom stereocenters. The van der Waals surface area contributed by atoms with E-state index in [0.717, 1.165) is 13.3 Å². The normalized spacial score (nSPS) is 11.3. The van der Waals surface area contributed by atoms with E-state index in [0.29, 0.717) is 0 Å². The summed E-state index contributed by atoms with van der Waals surface area (Å²) >= 11 is 0. The van der Waals surface area contributed by atoms with Crippen LogP contribution in [0.5, 0.6) is 0 Å². The molecule has 0 saturated heterocycles. The quantitative estimate of drug-likeness (QED) is 0.551. The Morgan fingerprint density at radius 2 is 2.67 bits per heavy atom. The first kappa shape index (κ1) is 4.18. The third-order valence-corrected chi connectivity index (χ3v) is 2.98. The first-order valence-corrected chi connectivity index (χ1v) is 4.46. The molecule has 0 fully saturated rings. The lowest BCUT2D eigenvalue weighted by molar-refractivity contribution is 1.98. The molecule has 2 N–H and O–H groups in total. The summed E-state index contributed by atoms with van der Waals surface area (Å²) in [5.74, 6) is 2.11. The minimum absolute atomic E-state index is 0.919. The van der Waals surface area contributed by atoms with Crippen molar-refractivity contribution in [2.75, 3.05) is 5.73 Å². The van der Waals surface area contributed by atoms with Crippen molar-refractivity contribution >= 4 is 21.2 Å². The van der Waals surface area contributed by atoms with E-state index in [-0.39, 0.29) is 0 Å². The van der Waals surface area contributed by atoms with Gasteiger partial charge in [-0.05, 0) is 19.7 Å². The van der Waals surface area contributed by atoms with Gasteiger partial charge in [0.25, 0.3) is 0 Å². The minimum atomic E-state index is 0.919. The molecule has 0 aliphatic rings. The summed E-state index contributed by atoms with van der Waals surface area (Å²) in [6.07, 6.45) is 0. The van der Waals surface area contributed by atoms with Crippen LogP contribution >= 0.6 is 15.7 Å². The molecule has 0 bridgehead atoms. The second-order valence-electron chi connectivity index (χ2n) is 0.999. The average Bonchev–Trinajstić information content (AvgIpc) is 1.86. The molecule has 1 aromatic rings. The molecular weight excluding hydrogens is 112 g/mol. The van der Waals surface area contributed by atoms with Gasteiger partial charge < -0.3 is 5.73 Å². The number of rotatable bonds is 0. The van der Waals surface area contributed by atoms with Crippen LogP contribution in [0.15, 0.2) is 11.9 Å². The van der Waals surface area contributed by atoms with Gasteiger partial charge in [0, 0.05) is 0 Å². The molecular formula is C3H5NP2. The lowest BCUT2D eigenvalue weighted by Crippen LogP contribution is -1.71. The van der Waals surface area contributed by atoms with E-state index in [4.69, 9.17) is 5.73 Å². The minimum Gasteiger partial charge on any atom is -0.395 e. The van der Waals surface area contributed by atoms with E-state index < -0.39 is 0 Å². The molecule has 0 radical (unpaired) electrons. The monoisotopic (exact) mass is 117 g/mol. The zero-order chi connectivity index (χ0) is 4.41. The number of nitrogen functional groups attached to an aromatic ring is 1. The van der Waals surface area contributed by atoms with E-state index >= 15 is 0 Å². The van der Waals surface area contributed by atoms with Crippen LogP contribution in [-0.2, 0) is 0 Å². The van der Waals surface area contributed by atoms with Gasteiger partial charge in [0.05, 0.1) is 5.42 Å². The molecule has 1 nitrogen and oxygen atoms in total. The molecule has 6 heavy (non-hydrogen) atoms. The third-order valence-electron chi connectivity index (χ3n) is 0.522. The van der Waals surface area contributed by atoms with Crippen molar-refractivity contribution in [3.63, 3.8) is 0 Å². The zero-order valence-corrected chi connectivity index (χ0v) is 5.07. The fraction of sp³-hybridized carbons (Fsp3) is 0. The molecule has 1 aromatic heterocycles. The van der Waals surface area contributed by atoms with Crippen LogP contribution in [0.25, 0.3) is 0 Å². The van der Waals surface area contributed by atoms with Gasteiger partial charge in [-0.2, -0.15) is 0 Å². The Bertz CT molecular complexity index is 112. The average molecular weight is 117 g/mol. The van der Waals surface area contributed by atoms with Crippen molar-refractivity contribution in [3.05, 3.63) is 11.9 Å². The Hall–Kier alpha value is 0.01000. The Morgan fingerprint density at radius 3 is 2.83 bits per heavy atom. The standard InChI is InChI=1S/C3H5NP2/c4-3-1-2-5-6-3/h1-2,5H,4H2. The molecule has 0 aromatic carbocycles. The molecule has 0 amide bonds. The smallest absolute Gasteiger partial charge is 0.0632 e. The maximum atomic E-state index is 5.36. The first-order valence-electron chi connectivity index (χ1n) is 1.65. The van der Waals surface area contributed by atoms with E-state index in [1.54, 1.807) is 0 Å². The van der Waals surface area contributed by atoms with Gasteiger partial charge in [0.15, 0.2) is 0 Å². The molecule has 1 atom stereocenters. The van der Waals surface area contributed by atoms with Crippen LogP contribution < -0.4 is 5.73 Å². The van der Waals surface area contributed by atoms with E-state index in [2.05, 4.69) is 5.80 Å². The number of nitrogens with two attached hydrogens (primary N) is 1. The van der Waals surface area contributed by atoms with Gasteiger partial charge in [-0.3, -0.25) is 0 Å². The summed E-state index contributed by atoms with van der Waals surface area (Å²) in [7, 11) is 2.22. The summed E-state index contributed by atoms with van der Waals surface area (Å²) in [4.78, 5) is 0. The van der Waals surface area contributed by atoms with E-state index in [1.807, 2.05) is 6.07 Å². The molecule has 1 heterocycles.